The van der Waals surface area contributed by atoms with E-state index in [-0.39, 0.29) is 0 Å². The van der Waals surface area contributed by atoms with Crippen LogP contribution >= 0.6 is 0 Å². The van der Waals surface area contributed by atoms with Crippen molar-refractivity contribution in [3.05, 3.63) is 0 Å². The Kier molecular flexibility index (Phi) is 2.99. The Hall–Kier alpha value is -0.250. The topological polar surface area (TPSA) is 9.23 Å². The molecule has 0 amide bonds. The first-order chi connectivity index (χ1) is 5.51. The molecule has 72 valence electrons. The molecule has 4 heteroatoms. The van der Waals surface area contributed by atoms with Crippen LogP contribution in [0.15, 0.2) is 0 Å². The fourth-order valence-corrected chi connectivity index (χ4v) is 1.70. The third kappa shape index (κ3) is 3.01. The molecule has 0 bridgehead atoms. The van der Waals surface area contributed by atoms with Gasteiger partial charge in [0.25, 0.3) is 0 Å². The van der Waals surface area contributed by atoms with Gasteiger partial charge in [-0.2, -0.15) is 0 Å². The van der Waals surface area contributed by atoms with Gasteiger partial charge in [-0.25, -0.2) is 0 Å². The van der Waals surface area contributed by atoms with Crippen molar-refractivity contribution in [2.45, 2.75) is 45.1 Å². The van der Waals surface area contributed by atoms with Gasteiger partial charge in [0.05, 0.1) is 6.10 Å². The van der Waals surface area contributed by atoms with E-state index in [0.717, 1.165) is 12.8 Å². The third-order valence-electron chi connectivity index (χ3n) is 2.37. The number of halogens is 3. The number of rotatable bonds is 2. The summed E-state index contributed by atoms with van der Waals surface area (Å²) in [5.41, 5.74) is 0. The summed E-state index contributed by atoms with van der Waals surface area (Å²) in [5, 5.41) is 0. The second-order valence-corrected chi connectivity index (χ2v) is 3.27. The lowest BCUT2D eigenvalue weighted by Crippen LogP contribution is -2.21. The Labute approximate surface area is 69.9 Å². The van der Waals surface area contributed by atoms with E-state index in [9.17, 15) is 13.2 Å². The van der Waals surface area contributed by atoms with Gasteiger partial charge in [0.1, 0.15) is 0 Å². The Balaban J connectivity index is 2.28. The molecule has 0 N–H and O–H groups in total. The summed E-state index contributed by atoms with van der Waals surface area (Å²) in [6.45, 7) is 2.00. The van der Waals surface area contributed by atoms with E-state index in [1.807, 2.05) is 6.92 Å². The second kappa shape index (κ2) is 3.64. The first-order valence-corrected chi connectivity index (χ1v) is 4.26. The van der Waals surface area contributed by atoms with E-state index in [1.165, 1.54) is 0 Å². The number of hydrogen-bond donors (Lipinski definition) is 0. The summed E-state index contributed by atoms with van der Waals surface area (Å²) in [6, 6.07) is 0. The summed E-state index contributed by atoms with van der Waals surface area (Å²) < 4.78 is 39.1. The third-order valence-corrected chi connectivity index (χ3v) is 2.37. The normalized spacial score (nSPS) is 31.0. The molecule has 0 aromatic rings. The molecule has 1 aliphatic rings. The molecule has 0 aliphatic heterocycles. The molecule has 2 unspecified atom stereocenters. The molecule has 0 radical (unpaired) electrons. The highest BCUT2D eigenvalue weighted by Gasteiger charge is 2.36. The van der Waals surface area contributed by atoms with Gasteiger partial charge in [0.2, 0.25) is 0 Å². The van der Waals surface area contributed by atoms with Gasteiger partial charge in [-0.3, -0.25) is 4.74 Å². The molecule has 1 aliphatic carbocycles. The standard InChI is InChI=1S/C8H13F3O/c1-2-6-3-4-7(5-6)12-8(9,10)11/h6-7H,2-5H2,1H3. The lowest BCUT2D eigenvalue weighted by Gasteiger charge is -2.13. The van der Waals surface area contributed by atoms with Crippen molar-refractivity contribution in [1.82, 2.24) is 0 Å². The summed E-state index contributed by atoms with van der Waals surface area (Å²) in [6.07, 6.45) is -2.09. The molecule has 1 saturated carbocycles. The maximum Gasteiger partial charge on any atom is 0.522 e. The highest BCUT2D eigenvalue weighted by molar-refractivity contribution is 4.75. The van der Waals surface area contributed by atoms with Gasteiger partial charge in [-0.15, -0.1) is 13.2 Å². The van der Waals surface area contributed by atoms with Crippen LogP contribution in [0.5, 0.6) is 0 Å². The lowest BCUT2D eigenvalue weighted by atomic mass is 10.1. The minimum atomic E-state index is -4.45. The highest BCUT2D eigenvalue weighted by atomic mass is 19.4. The molecule has 1 rings (SSSR count). The second-order valence-electron chi connectivity index (χ2n) is 3.27. The van der Waals surface area contributed by atoms with E-state index in [4.69, 9.17) is 0 Å². The summed E-state index contributed by atoms with van der Waals surface area (Å²) >= 11 is 0. The molecule has 1 nitrogen and oxygen atoms in total. The molecule has 12 heavy (non-hydrogen) atoms. The van der Waals surface area contributed by atoms with Crippen LogP contribution in [0.2, 0.25) is 0 Å². The average molecular weight is 182 g/mol. The van der Waals surface area contributed by atoms with Gasteiger partial charge in [0.15, 0.2) is 0 Å². The molecular weight excluding hydrogens is 169 g/mol. The SMILES string of the molecule is CCC1CCC(OC(F)(F)F)C1. The quantitative estimate of drug-likeness (QED) is 0.637. The summed E-state index contributed by atoms with van der Waals surface area (Å²) in [4.78, 5) is 0. The van der Waals surface area contributed by atoms with E-state index < -0.39 is 12.5 Å². The fourth-order valence-electron chi connectivity index (χ4n) is 1.70. The van der Waals surface area contributed by atoms with Crippen LogP contribution in [0.4, 0.5) is 13.2 Å². The lowest BCUT2D eigenvalue weighted by molar-refractivity contribution is -0.341. The summed E-state index contributed by atoms with van der Waals surface area (Å²) in [7, 11) is 0. The van der Waals surface area contributed by atoms with E-state index >= 15 is 0 Å². The maximum absolute atomic E-state index is 11.7. The number of hydrogen-bond acceptors (Lipinski definition) is 1. The molecular formula is C8H13F3O. The Morgan fingerprint density at radius 1 is 1.33 bits per heavy atom. The zero-order chi connectivity index (χ0) is 9.19. The zero-order valence-electron chi connectivity index (χ0n) is 7.03. The maximum atomic E-state index is 11.7. The van der Waals surface area contributed by atoms with Crippen LogP contribution in [0, 0.1) is 5.92 Å². The predicted molar refractivity (Wildman–Crippen MR) is 38.6 cm³/mol. The predicted octanol–water partition coefficient (Wildman–Crippen LogP) is 3.10. The molecule has 0 aromatic carbocycles. The van der Waals surface area contributed by atoms with Gasteiger partial charge < -0.3 is 0 Å². The first kappa shape index (κ1) is 9.84. The molecule has 0 aromatic heterocycles. The van der Waals surface area contributed by atoms with E-state index in [0.29, 0.717) is 18.8 Å². The van der Waals surface area contributed by atoms with Crippen LogP contribution in [-0.4, -0.2) is 12.5 Å². The van der Waals surface area contributed by atoms with E-state index in [1.54, 1.807) is 0 Å². The van der Waals surface area contributed by atoms with Crippen LogP contribution in [0.3, 0.4) is 0 Å². The molecule has 1 fully saturated rings. The van der Waals surface area contributed by atoms with E-state index in [2.05, 4.69) is 4.74 Å². The minimum absolute atomic E-state index is 0.428. The monoisotopic (exact) mass is 182 g/mol. The molecule has 2 atom stereocenters. The van der Waals surface area contributed by atoms with Crippen molar-refractivity contribution in [2.75, 3.05) is 0 Å². The van der Waals surface area contributed by atoms with Crippen LogP contribution in [0.1, 0.15) is 32.6 Å². The van der Waals surface area contributed by atoms with Crippen molar-refractivity contribution < 1.29 is 17.9 Å². The van der Waals surface area contributed by atoms with Gasteiger partial charge in [-0.1, -0.05) is 13.3 Å². The molecule has 0 saturated heterocycles. The van der Waals surface area contributed by atoms with Crippen molar-refractivity contribution in [3.8, 4) is 0 Å². The van der Waals surface area contributed by atoms with Gasteiger partial charge in [-0.05, 0) is 25.2 Å². The average Bonchev–Trinajstić information content (AvgIpc) is 2.32. The first-order valence-electron chi connectivity index (χ1n) is 4.26. The van der Waals surface area contributed by atoms with Crippen LogP contribution in [0.25, 0.3) is 0 Å². The number of ether oxygens (including phenoxy) is 1. The molecule has 0 heterocycles. The largest absolute Gasteiger partial charge is 0.522 e. The minimum Gasteiger partial charge on any atom is -0.289 e. The smallest absolute Gasteiger partial charge is 0.289 e. The molecule has 0 spiro atoms. The van der Waals surface area contributed by atoms with Crippen LogP contribution in [-0.2, 0) is 4.74 Å². The Morgan fingerprint density at radius 3 is 2.42 bits per heavy atom. The number of alkyl halides is 3. The van der Waals surface area contributed by atoms with Crippen molar-refractivity contribution in [2.24, 2.45) is 5.92 Å². The highest BCUT2D eigenvalue weighted by Crippen LogP contribution is 2.33. The fraction of sp³-hybridized carbons (Fsp3) is 1.00. The van der Waals surface area contributed by atoms with Crippen molar-refractivity contribution in [3.63, 3.8) is 0 Å². The van der Waals surface area contributed by atoms with Crippen molar-refractivity contribution >= 4 is 0 Å². The Bertz CT molecular complexity index is 144. The van der Waals surface area contributed by atoms with Crippen LogP contribution < -0.4 is 0 Å². The zero-order valence-corrected chi connectivity index (χ0v) is 7.03. The van der Waals surface area contributed by atoms with Crippen molar-refractivity contribution in [1.29, 1.82) is 0 Å². The van der Waals surface area contributed by atoms with Gasteiger partial charge >= 0.3 is 6.36 Å². The van der Waals surface area contributed by atoms with Gasteiger partial charge in [0, 0.05) is 0 Å². The summed E-state index contributed by atoms with van der Waals surface area (Å²) in [5.74, 6) is 0.428. The Morgan fingerprint density at radius 2 is 2.00 bits per heavy atom.